The molecule has 0 atom stereocenters. The lowest BCUT2D eigenvalue weighted by atomic mass is 9.83. The number of carbonyl (C=O) groups excluding carboxylic acids is 1. The van der Waals surface area contributed by atoms with Gasteiger partial charge in [0, 0.05) is 17.2 Å². The number of Topliss-reactive ketones (excluding diaryl/α,β-unsaturated/α-hetero) is 1. The predicted octanol–water partition coefficient (Wildman–Crippen LogP) is 4.14. The van der Waals surface area contributed by atoms with E-state index in [-0.39, 0.29) is 11.8 Å². The average Bonchev–Trinajstić information content (AvgIpc) is 2.81. The second-order valence-corrected chi connectivity index (χ2v) is 7.29. The number of ketones is 1. The highest BCUT2D eigenvalue weighted by Crippen LogP contribution is 2.33. The maximum atomic E-state index is 13.3. The molecule has 2 aromatic carbocycles. The summed E-state index contributed by atoms with van der Waals surface area (Å²) in [5.74, 6) is 2.62. The van der Waals surface area contributed by atoms with Gasteiger partial charge < -0.3 is 24.3 Å². The van der Waals surface area contributed by atoms with Crippen molar-refractivity contribution in [2.75, 3.05) is 35.5 Å². The maximum absolute atomic E-state index is 13.3. The van der Waals surface area contributed by atoms with Gasteiger partial charge in [-0.1, -0.05) is 12.1 Å². The molecule has 0 bridgehead atoms. The normalized spacial score (nSPS) is 18.9. The van der Waals surface area contributed by atoms with E-state index in [1.165, 1.54) is 0 Å². The molecule has 1 aliphatic rings. The molecule has 0 saturated heterocycles. The summed E-state index contributed by atoms with van der Waals surface area (Å²) in [5.41, 5.74) is 3.29. The van der Waals surface area contributed by atoms with E-state index in [4.69, 9.17) is 18.9 Å². The first-order chi connectivity index (χ1) is 15.0. The van der Waals surface area contributed by atoms with Gasteiger partial charge >= 0.3 is 0 Å². The third-order valence-electron chi connectivity index (χ3n) is 5.42. The van der Waals surface area contributed by atoms with E-state index < -0.39 is 0 Å². The molecule has 0 amide bonds. The zero-order chi connectivity index (χ0) is 22.4. The first kappa shape index (κ1) is 22.4. The summed E-state index contributed by atoms with van der Waals surface area (Å²) in [4.78, 5) is 13.3. The lowest BCUT2D eigenvalue weighted by Gasteiger charge is -2.25. The van der Waals surface area contributed by atoms with Crippen LogP contribution in [-0.4, -0.2) is 47.3 Å². The van der Waals surface area contributed by atoms with Crippen LogP contribution in [0.2, 0.25) is 0 Å². The Labute approximate surface area is 183 Å². The number of hydrogen-bond acceptors (Lipinski definition) is 6. The Morgan fingerprint density at radius 3 is 1.52 bits per heavy atom. The van der Waals surface area contributed by atoms with Gasteiger partial charge in [-0.2, -0.15) is 0 Å². The molecule has 1 fully saturated rings. The maximum Gasteiger partial charge on any atom is 0.185 e. The van der Waals surface area contributed by atoms with Crippen molar-refractivity contribution in [2.24, 2.45) is 0 Å². The van der Waals surface area contributed by atoms with E-state index in [1.807, 2.05) is 55.6 Å². The number of ether oxygens (including phenoxy) is 4. The van der Waals surface area contributed by atoms with Crippen molar-refractivity contribution in [1.82, 2.24) is 5.32 Å². The number of hydrogen-bond donors (Lipinski definition) is 1. The van der Waals surface area contributed by atoms with Gasteiger partial charge in [0.05, 0.1) is 28.4 Å². The van der Waals surface area contributed by atoms with Crippen LogP contribution in [0.15, 0.2) is 47.5 Å². The Morgan fingerprint density at radius 2 is 1.16 bits per heavy atom. The predicted molar refractivity (Wildman–Crippen MR) is 122 cm³/mol. The Hall–Kier alpha value is -3.25. The van der Waals surface area contributed by atoms with Crippen LogP contribution in [0.1, 0.15) is 24.0 Å². The zero-order valence-corrected chi connectivity index (χ0v) is 18.7. The standard InChI is InChI=1S/C25H29NO5/c1-26-20-14-18(10-16-6-8-21(28-2)23(12-16)30-4)25(27)19(15-20)11-17-7-9-22(29-3)24(13-17)31-5/h6-13,20,26H,14-15H2,1-5H3/b18-10+,19-11+. The summed E-state index contributed by atoms with van der Waals surface area (Å²) in [5, 5.41) is 3.31. The Morgan fingerprint density at radius 1 is 0.742 bits per heavy atom. The number of methoxy groups -OCH3 is 4. The number of nitrogens with one attached hydrogen (secondary N) is 1. The first-order valence-electron chi connectivity index (χ1n) is 10.1. The molecule has 164 valence electrons. The van der Waals surface area contributed by atoms with Crippen LogP contribution in [0.3, 0.4) is 0 Å². The van der Waals surface area contributed by atoms with Crippen molar-refractivity contribution in [3.05, 3.63) is 58.7 Å². The average molecular weight is 424 g/mol. The molecule has 6 heteroatoms. The SMILES string of the molecule is CNC1C/C(=C\c2ccc(OC)c(OC)c2)C(=O)/C(=C/c2ccc(OC)c(OC)c2)C1. The van der Waals surface area contributed by atoms with Gasteiger partial charge in [-0.05, 0) is 67.4 Å². The quantitative estimate of drug-likeness (QED) is 0.676. The van der Waals surface area contributed by atoms with E-state index in [2.05, 4.69) is 5.32 Å². The summed E-state index contributed by atoms with van der Waals surface area (Å²) >= 11 is 0. The van der Waals surface area contributed by atoms with Crippen molar-refractivity contribution >= 4 is 17.9 Å². The summed E-state index contributed by atoms with van der Waals surface area (Å²) in [6.45, 7) is 0. The molecule has 0 aliphatic heterocycles. The van der Waals surface area contributed by atoms with Gasteiger partial charge in [-0.15, -0.1) is 0 Å². The number of rotatable bonds is 7. The molecule has 2 aromatic rings. The molecular weight excluding hydrogens is 394 g/mol. The molecule has 0 unspecified atom stereocenters. The van der Waals surface area contributed by atoms with Crippen molar-refractivity contribution in [2.45, 2.75) is 18.9 Å². The minimum Gasteiger partial charge on any atom is -0.493 e. The van der Waals surface area contributed by atoms with Crippen LogP contribution in [0, 0.1) is 0 Å². The fourth-order valence-electron chi connectivity index (χ4n) is 3.74. The second kappa shape index (κ2) is 10.2. The summed E-state index contributed by atoms with van der Waals surface area (Å²) in [7, 11) is 8.32. The molecule has 3 rings (SSSR count). The van der Waals surface area contributed by atoms with Gasteiger partial charge in [-0.3, -0.25) is 4.79 Å². The molecule has 0 radical (unpaired) electrons. The van der Waals surface area contributed by atoms with Gasteiger partial charge in [0.2, 0.25) is 0 Å². The molecule has 1 aliphatic carbocycles. The van der Waals surface area contributed by atoms with E-state index in [0.717, 1.165) is 22.3 Å². The van der Waals surface area contributed by atoms with Gasteiger partial charge in [-0.25, -0.2) is 0 Å². The summed E-state index contributed by atoms with van der Waals surface area (Å²) in [6, 6.07) is 11.4. The Balaban J connectivity index is 1.96. The molecule has 0 heterocycles. The molecule has 31 heavy (non-hydrogen) atoms. The fraction of sp³-hybridized carbons (Fsp3) is 0.320. The molecular formula is C25H29NO5. The zero-order valence-electron chi connectivity index (χ0n) is 18.7. The monoisotopic (exact) mass is 423 g/mol. The second-order valence-electron chi connectivity index (χ2n) is 7.29. The van der Waals surface area contributed by atoms with Gasteiger partial charge in [0.15, 0.2) is 28.8 Å². The van der Waals surface area contributed by atoms with E-state index in [9.17, 15) is 4.79 Å². The molecule has 1 N–H and O–H groups in total. The van der Waals surface area contributed by atoms with E-state index in [1.54, 1.807) is 28.4 Å². The third-order valence-corrected chi connectivity index (χ3v) is 5.42. The molecule has 0 aromatic heterocycles. The number of carbonyl (C=O) groups is 1. The highest BCUT2D eigenvalue weighted by atomic mass is 16.5. The van der Waals surface area contributed by atoms with Crippen molar-refractivity contribution in [3.63, 3.8) is 0 Å². The highest BCUT2D eigenvalue weighted by molar-refractivity contribution is 6.14. The first-order valence-corrected chi connectivity index (χ1v) is 10.1. The summed E-state index contributed by atoms with van der Waals surface area (Å²) < 4.78 is 21.4. The number of benzene rings is 2. The van der Waals surface area contributed by atoms with Crippen LogP contribution in [0.4, 0.5) is 0 Å². The lowest BCUT2D eigenvalue weighted by Crippen LogP contribution is -2.33. The van der Waals surface area contributed by atoms with Crippen LogP contribution in [0.25, 0.3) is 12.2 Å². The van der Waals surface area contributed by atoms with Crippen LogP contribution < -0.4 is 24.3 Å². The fourth-order valence-corrected chi connectivity index (χ4v) is 3.74. The third kappa shape index (κ3) is 5.09. The smallest absolute Gasteiger partial charge is 0.185 e. The minimum atomic E-state index is 0.0519. The van der Waals surface area contributed by atoms with Crippen molar-refractivity contribution in [3.8, 4) is 23.0 Å². The Bertz CT molecular complexity index is 931. The molecule has 6 nitrogen and oxygen atoms in total. The van der Waals surface area contributed by atoms with Crippen LogP contribution >= 0.6 is 0 Å². The Kier molecular flexibility index (Phi) is 7.36. The van der Waals surface area contributed by atoms with Crippen molar-refractivity contribution in [1.29, 1.82) is 0 Å². The van der Waals surface area contributed by atoms with Crippen molar-refractivity contribution < 1.29 is 23.7 Å². The van der Waals surface area contributed by atoms with E-state index >= 15 is 0 Å². The van der Waals surface area contributed by atoms with E-state index in [0.29, 0.717) is 35.8 Å². The molecule has 1 saturated carbocycles. The minimum absolute atomic E-state index is 0.0519. The lowest BCUT2D eigenvalue weighted by molar-refractivity contribution is -0.113. The van der Waals surface area contributed by atoms with Gasteiger partial charge in [0.25, 0.3) is 0 Å². The van der Waals surface area contributed by atoms with Crippen LogP contribution in [-0.2, 0) is 4.79 Å². The largest absolute Gasteiger partial charge is 0.493 e. The van der Waals surface area contributed by atoms with Gasteiger partial charge in [0.1, 0.15) is 0 Å². The highest BCUT2D eigenvalue weighted by Gasteiger charge is 2.27. The molecule has 0 spiro atoms. The van der Waals surface area contributed by atoms with Crippen LogP contribution in [0.5, 0.6) is 23.0 Å². The topological polar surface area (TPSA) is 66.0 Å². The summed E-state index contributed by atoms with van der Waals surface area (Å²) in [6.07, 6.45) is 5.17.